The summed E-state index contributed by atoms with van der Waals surface area (Å²) in [5, 5.41) is 11.0. The number of nitrogens with one attached hydrogen (secondary N) is 1. The molecule has 0 bridgehead atoms. The van der Waals surface area contributed by atoms with Crippen molar-refractivity contribution >= 4 is 6.09 Å². The lowest BCUT2D eigenvalue weighted by Crippen LogP contribution is -2.37. The van der Waals surface area contributed by atoms with Gasteiger partial charge in [-0.05, 0) is 38.1 Å². The maximum atomic E-state index is 10.3. The van der Waals surface area contributed by atoms with Gasteiger partial charge in [0.15, 0.2) is 0 Å². The van der Waals surface area contributed by atoms with E-state index in [2.05, 4.69) is 5.32 Å². The molecule has 0 unspecified atom stereocenters. The highest BCUT2D eigenvalue weighted by Gasteiger charge is 2.20. The molecule has 4 nitrogen and oxygen atoms in total. The summed E-state index contributed by atoms with van der Waals surface area (Å²) in [5.74, 6) is 0.608. The standard InChI is InChI=1S/C8H16N2O2/c9-5-6-1-3-7(4-2-6)10-8(11)12/h6-7,10H,1-5,9H2,(H,11,12). The van der Waals surface area contributed by atoms with E-state index in [1.807, 2.05) is 0 Å². The molecule has 0 spiro atoms. The fourth-order valence-electron chi connectivity index (χ4n) is 1.72. The number of carbonyl (C=O) groups is 1. The molecule has 1 amide bonds. The Balaban J connectivity index is 2.21. The normalized spacial score (nSPS) is 29.8. The monoisotopic (exact) mass is 172 g/mol. The lowest BCUT2D eigenvalue weighted by atomic mass is 9.86. The lowest BCUT2D eigenvalue weighted by molar-refractivity contribution is 0.182. The first-order valence-corrected chi connectivity index (χ1v) is 4.42. The van der Waals surface area contributed by atoms with Gasteiger partial charge in [-0.25, -0.2) is 4.79 Å². The summed E-state index contributed by atoms with van der Waals surface area (Å²) in [7, 11) is 0. The Bertz CT molecular complexity index is 153. The second-order valence-corrected chi connectivity index (χ2v) is 3.40. The summed E-state index contributed by atoms with van der Waals surface area (Å²) in [6.45, 7) is 0.736. The molecule has 0 atom stereocenters. The summed E-state index contributed by atoms with van der Waals surface area (Å²) in [6.07, 6.45) is 3.08. The molecule has 70 valence electrons. The Hall–Kier alpha value is -0.770. The van der Waals surface area contributed by atoms with Crippen molar-refractivity contribution in [3.05, 3.63) is 0 Å². The predicted octanol–water partition coefficient (Wildman–Crippen LogP) is 0.771. The van der Waals surface area contributed by atoms with E-state index in [9.17, 15) is 4.79 Å². The highest BCUT2D eigenvalue weighted by molar-refractivity contribution is 5.64. The van der Waals surface area contributed by atoms with Gasteiger partial charge in [-0.15, -0.1) is 0 Å². The van der Waals surface area contributed by atoms with Gasteiger partial charge in [0.05, 0.1) is 0 Å². The van der Waals surface area contributed by atoms with Gasteiger partial charge in [0, 0.05) is 6.04 Å². The van der Waals surface area contributed by atoms with E-state index in [0.717, 1.165) is 32.2 Å². The predicted molar refractivity (Wildman–Crippen MR) is 46.0 cm³/mol. The minimum absolute atomic E-state index is 0.158. The molecule has 0 radical (unpaired) electrons. The molecule has 1 aliphatic carbocycles. The zero-order valence-corrected chi connectivity index (χ0v) is 7.12. The number of carboxylic acid groups (broad SMARTS) is 1. The van der Waals surface area contributed by atoms with Crippen LogP contribution in [0.4, 0.5) is 4.79 Å². The SMILES string of the molecule is NCC1CCC(NC(=O)O)CC1. The Morgan fingerprint density at radius 3 is 2.42 bits per heavy atom. The number of rotatable bonds is 2. The Morgan fingerprint density at radius 2 is 2.00 bits per heavy atom. The van der Waals surface area contributed by atoms with Crippen LogP contribution in [-0.2, 0) is 0 Å². The maximum absolute atomic E-state index is 10.3. The first kappa shape index (κ1) is 9.32. The summed E-state index contributed by atoms with van der Waals surface area (Å²) < 4.78 is 0. The van der Waals surface area contributed by atoms with Crippen LogP contribution in [0, 0.1) is 5.92 Å². The van der Waals surface area contributed by atoms with E-state index >= 15 is 0 Å². The Kier molecular flexibility index (Phi) is 3.34. The summed E-state index contributed by atoms with van der Waals surface area (Å²) in [4.78, 5) is 10.3. The second-order valence-electron chi connectivity index (χ2n) is 3.40. The third kappa shape index (κ3) is 2.70. The van der Waals surface area contributed by atoms with Crippen LogP contribution >= 0.6 is 0 Å². The van der Waals surface area contributed by atoms with Gasteiger partial charge in [0.1, 0.15) is 0 Å². The number of amides is 1. The van der Waals surface area contributed by atoms with E-state index in [0.29, 0.717) is 5.92 Å². The van der Waals surface area contributed by atoms with Gasteiger partial charge >= 0.3 is 6.09 Å². The number of hydrogen-bond acceptors (Lipinski definition) is 2. The molecule has 1 rings (SSSR count). The summed E-state index contributed by atoms with van der Waals surface area (Å²) in [6, 6.07) is 0.158. The highest BCUT2D eigenvalue weighted by Crippen LogP contribution is 2.22. The van der Waals surface area contributed by atoms with Crippen molar-refractivity contribution in [1.29, 1.82) is 0 Å². The van der Waals surface area contributed by atoms with Crippen molar-refractivity contribution in [2.45, 2.75) is 31.7 Å². The quantitative estimate of drug-likeness (QED) is 0.576. The second kappa shape index (κ2) is 4.30. The zero-order chi connectivity index (χ0) is 8.97. The fraction of sp³-hybridized carbons (Fsp3) is 0.875. The van der Waals surface area contributed by atoms with E-state index in [4.69, 9.17) is 10.8 Å². The van der Waals surface area contributed by atoms with Crippen LogP contribution in [0.5, 0.6) is 0 Å². The van der Waals surface area contributed by atoms with Crippen molar-refractivity contribution in [2.75, 3.05) is 6.54 Å². The van der Waals surface area contributed by atoms with Crippen LogP contribution in [0.2, 0.25) is 0 Å². The highest BCUT2D eigenvalue weighted by atomic mass is 16.4. The molecular weight excluding hydrogens is 156 g/mol. The van der Waals surface area contributed by atoms with Gasteiger partial charge in [-0.2, -0.15) is 0 Å². The van der Waals surface area contributed by atoms with Crippen LogP contribution in [0.15, 0.2) is 0 Å². The largest absolute Gasteiger partial charge is 0.465 e. The maximum Gasteiger partial charge on any atom is 0.404 e. The molecule has 4 heteroatoms. The molecule has 0 aliphatic heterocycles. The molecule has 0 aromatic carbocycles. The molecule has 0 aromatic rings. The van der Waals surface area contributed by atoms with Crippen molar-refractivity contribution in [3.63, 3.8) is 0 Å². The van der Waals surface area contributed by atoms with Crippen molar-refractivity contribution < 1.29 is 9.90 Å². The fourth-order valence-corrected chi connectivity index (χ4v) is 1.72. The Morgan fingerprint density at radius 1 is 1.42 bits per heavy atom. The van der Waals surface area contributed by atoms with Crippen molar-refractivity contribution in [2.24, 2.45) is 11.7 Å². The topological polar surface area (TPSA) is 75.3 Å². The lowest BCUT2D eigenvalue weighted by Gasteiger charge is -2.27. The minimum Gasteiger partial charge on any atom is -0.465 e. The van der Waals surface area contributed by atoms with Gasteiger partial charge in [-0.1, -0.05) is 0 Å². The summed E-state index contributed by atoms with van der Waals surface area (Å²) in [5.41, 5.74) is 5.51. The van der Waals surface area contributed by atoms with E-state index in [1.165, 1.54) is 0 Å². The molecule has 4 N–H and O–H groups in total. The van der Waals surface area contributed by atoms with Crippen LogP contribution in [-0.4, -0.2) is 23.8 Å². The molecule has 0 saturated heterocycles. The molecule has 12 heavy (non-hydrogen) atoms. The molecular formula is C8H16N2O2. The first-order valence-electron chi connectivity index (χ1n) is 4.42. The Labute approximate surface area is 72.1 Å². The molecule has 1 fully saturated rings. The average molecular weight is 172 g/mol. The molecule has 0 aromatic heterocycles. The summed E-state index contributed by atoms with van der Waals surface area (Å²) >= 11 is 0. The first-order chi connectivity index (χ1) is 5.72. The molecule has 0 heterocycles. The third-order valence-electron chi connectivity index (χ3n) is 2.51. The van der Waals surface area contributed by atoms with E-state index < -0.39 is 6.09 Å². The van der Waals surface area contributed by atoms with Crippen LogP contribution in [0.1, 0.15) is 25.7 Å². The van der Waals surface area contributed by atoms with Gasteiger partial charge < -0.3 is 16.2 Å². The minimum atomic E-state index is -0.911. The van der Waals surface area contributed by atoms with Crippen LogP contribution in [0.25, 0.3) is 0 Å². The van der Waals surface area contributed by atoms with Gasteiger partial charge in [-0.3, -0.25) is 0 Å². The van der Waals surface area contributed by atoms with Gasteiger partial charge in [0.2, 0.25) is 0 Å². The third-order valence-corrected chi connectivity index (χ3v) is 2.51. The van der Waals surface area contributed by atoms with E-state index in [1.54, 1.807) is 0 Å². The van der Waals surface area contributed by atoms with Crippen LogP contribution < -0.4 is 11.1 Å². The van der Waals surface area contributed by atoms with Gasteiger partial charge in [0.25, 0.3) is 0 Å². The number of nitrogens with two attached hydrogens (primary N) is 1. The van der Waals surface area contributed by atoms with Crippen molar-refractivity contribution in [3.8, 4) is 0 Å². The number of hydrogen-bond donors (Lipinski definition) is 3. The van der Waals surface area contributed by atoms with E-state index in [-0.39, 0.29) is 6.04 Å². The molecule has 1 saturated carbocycles. The smallest absolute Gasteiger partial charge is 0.404 e. The van der Waals surface area contributed by atoms with Crippen molar-refractivity contribution in [1.82, 2.24) is 5.32 Å². The van der Waals surface area contributed by atoms with Crippen LogP contribution in [0.3, 0.4) is 0 Å². The zero-order valence-electron chi connectivity index (χ0n) is 7.12. The molecule has 1 aliphatic rings. The average Bonchev–Trinajstić information content (AvgIpc) is 2.05.